The van der Waals surface area contributed by atoms with E-state index in [0.29, 0.717) is 37.9 Å². The fourth-order valence-corrected chi connectivity index (χ4v) is 12.1. The first-order chi connectivity index (χ1) is 39.4. The van der Waals surface area contributed by atoms with Crippen molar-refractivity contribution in [2.45, 2.75) is 252 Å². The van der Waals surface area contributed by atoms with E-state index >= 15 is 0 Å². The summed E-state index contributed by atoms with van der Waals surface area (Å²) in [7, 11) is 1.48. The Hall–Kier alpha value is -4.81. The number of Topliss-reactive ketones (excluding diaryl/α,β-unsaturated/α-hetero) is 1. The monoisotopic (exact) mass is 1160 g/mol. The van der Waals surface area contributed by atoms with Gasteiger partial charge in [-0.1, -0.05) is 110 Å². The van der Waals surface area contributed by atoms with Crippen LogP contribution < -0.4 is 0 Å². The van der Waals surface area contributed by atoms with Crippen molar-refractivity contribution in [3.05, 3.63) is 67.2 Å². The van der Waals surface area contributed by atoms with Crippen molar-refractivity contribution in [1.29, 1.82) is 0 Å². The van der Waals surface area contributed by atoms with Crippen LogP contribution in [0.25, 0.3) is 31.3 Å². The van der Waals surface area contributed by atoms with Gasteiger partial charge in [0, 0.05) is 40.3 Å². The minimum absolute atomic E-state index is 0.0741. The first-order valence-electron chi connectivity index (χ1n) is 29.0. The van der Waals surface area contributed by atoms with Gasteiger partial charge in [0.15, 0.2) is 49.6 Å². The molecule has 458 valence electrons. The first kappa shape index (κ1) is 68.0. The molecule has 1 aromatic carbocycles. The summed E-state index contributed by atoms with van der Waals surface area (Å²) in [4.78, 5) is 53.3. The average molecular weight is 1160 g/mol. The van der Waals surface area contributed by atoms with Crippen LogP contribution in [0.5, 0.6) is 0 Å². The van der Waals surface area contributed by atoms with Crippen LogP contribution in [-0.4, -0.2) is 155 Å². The van der Waals surface area contributed by atoms with E-state index < -0.39 is 147 Å². The maximum absolute atomic E-state index is 13.9. The molecule has 26 nitrogen and oxygen atoms in total. The third-order valence-electron chi connectivity index (χ3n) is 16.8. The number of rotatable bonds is 20. The topological polar surface area (TPSA) is 335 Å². The van der Waals surface area contributed by atoms with Crippen molar-refractivity contribution in [1.82, 2.24) is 0 Å². The molecule has 11 unspecified atom stereocenters. The summed E-state index contributed by atoms with van der Waals surface area (Å²) in [5.41, 5.74) is 29.6. The SMILES string of the molecule is CC.CCC1O[C@H](O[C@@H]2C(C(C)=O)OC(O[C@@H]3C(CC)OC(O[C@@H]4C(C)O[C@H](O[C@@H]5C(CC)O[C@H](OC)C(N=[N+]=[N-])[C@H]5C)C(OC(=O)c5ccccc5)[C@H]4C)[C@@H](N=[N+]=[N-])[C@H]3C)[C@@H](OC3CCCCO3)[C@H]2C)C(N=[N+]=[N-])[C@@H](C)[C@@H]1C.O=C=O. The Morgan fingerprint density at radius 3 is 1.55 bits per heavy atom. The highest BCUT2D eigenvalue weighted by molar-refractivity contribution is 5.89. The number of carbonyl (C=O) groups excluding carboxylic acids is 4. The molecule has 26 heteroatoms. The standard InChI is InChI=1S/C53H81N9O15.C2H6.CO2/c1-13-34-25(4)26(5)38(57-60-54)50(68-34)76-44-30(9)45(71-37-23-19-20-24-66-37)53(77-47(44)31(10)63)75-43-28(7)40(59-62-56)51(70-36(43)15-3)73-41-29(8)46(72-48(64)33-21-17-16-18-22-33)52(67-32(41)11)74-42-27(6)39(58-61-55)49(65-12)69-35(42)14-2;1-2;2-1-3/h16-18,21-22,25-30,32,34-47,49-53H,13-15,19-20,23-24H2,1-12H3;1-2H3;/t25-,26-,27+,28+,29-,30-,32?,34?,35?,36?,37?,38?,39?,40-,41-,42-,43-,44-,45-,46?,47?,49-,50+,51?,52+,53?;;/m0../s1. The molecule has 82 heavy (non-hydrogen) atoms. The lowest BCUT2D eigenvalue weighted by molar-refractivity contribution is -0.370. The van der Waals surface area contributed by atoms with E-state index in [2.05, 4.69) is 37.0 Å². The molecule has 6 fully saturated rings. The second kappa shape index (κ2) is 33.0. The van der Waals surface area contributed by atoms with E-state index in [1.807, 2.05) is 76.2 Å². The summed E-state index contributed by atoms with van der Waals surface area (Å²) in [6, 6.07) is 6.16. The van der Waals surface area contributed by atoms with E-state index in [1.165, 1.54) is 14.0 Å². The van der Waals surface area contributed by atoms with Gasteiger partial charge in [0.05, 0.1) is 72.5 Å². The number of azide groups is 3. The highest BCUT2D eigenvalue weighted by atomic mass is 16.8. The molecule has 6 saturated heterocycles. The van der Waals surface area contributed by atoms with Crippen molar-refractivity contribution < 1.29 is 80.8 Å². The largest absolute Gasteiger partial charge is 0.453 e. The molecule has 0 aromatic heterocycles. The van der Waals surface area contributed by atoms with Gasteiger partial charge in [0.1, 0.15) is 12.2 Å². The summed E-state index contributed by atoms with van der Waals surface area (Å²) >= 11 is 0. The molecule has 7 rings (SSSR count). The minimum atomic E-state index is -1.17. The van der Waals surface area contributed by atoms with Crippen molar-refractivity contribution in [3.8, 4) is 0 Å². The van der Waals surface area contributed by atoms with Crippen LogP contribution in [0.15, 0.2) is 45.7 Å². The van der Waals surface area contributed by atoms with Crippen molar-refractivity contribution in [2.24, 2.45) is 50.9 Å². The predicted molar refractivity (Wildman–Crippen MR) is 291 cm³/mol. The highest BCUT2D eigenvalue weighted by Crippen LogP contribution is 2.44. The third kappa shape index (κ3) is 16.1. The van der Waals surface area contributed by atoms with Gasteiger partial charge in [-0.15, -0.1) is 0 Å². The minimum Gasteiger partial charge on any atom is -0.453 e. The molecular formula is C56H87N9O17. The molecule has 0 radical (unpaired) electrons. The van der Waals surface area contributed by atoms with Gasteiger partial charge in [0.2, 0.25) is 0 Å². The normalized spacial score (nSPS) is 40.9. The Labute approximate surface area is 480 Å². The molecule has 0 aliphatic carbocycles. The van der Waals surface area contributed by atoms with Crippen molar-refractivity contribution in [3.63, 3.8) is 0 Å². The van der Waals surface area contributed by atoms with Crippen LogP contribution in [0, 0.1) is 35.5 Å². The molecule has 6 heterocycles. The maximum atomic E-state index is 13.9. The zero-order chi connectivity index (χ0) is 60.4. The van der Waals surface area contributed by atoms with Crippen molar-refractivity contribution in [2.75, 3.05) is 13.7 Å². The number of methoxy groups -OCH3 is 1. The van der Waals surface area contributed by atoms with Crippen LogP contribution in [0.1, 0.15) is 139 Å². The van der Waals surface area contributed by atoms with E-state index in [-0.39, 0.29) is 29.9 Å². The number of esters is 1. The molecule has 0 spiro atoms. The summed E-state index contributed by atoms with van der Waals surface area (Å²) in [5.74, 6) is -3.14. The van der Waals surface area contributed by atoms with E-state index in [0.717, 1.165) is 12.8 Å². The fourth-order valence-electron chi connectivity index (χ4n) is 12.1. The second-order valence-corrected chi connectivity index (χ2v) is 21.7. The summed E-state index contributed by atoms with van der Waals surface area (Å²) < 4.78 is 85.1. The van der Waals surface area contributed by atoms with Gasteiger partial charge in [-0.25, -0.2) is 4.79 Å². The lowest BCUT2D eigenvalue weighted by atomic mass is 9.81. The summed E-state index contributed by atoms with van der Waals surface area (Å²) in [6.45, 7) is 25.2. The Morgan fingerprint density at radius 1 is 0.573 bits per heavy atom. The van der Waals surface area contributed by atoms with Gasteiger partial charge < -0.3 is 61.6 Å². The molecule has 26 atom stereocenters. The zero-order valence-corrected chi connectivity index (χ0v) is 49.8. The molecule has 6 aliphatic rings. The fraction of sp³-hybridized carbons (Fsp3) is 0.839. The summed E-state index contributed by atoms with van der Waals surface area (Å²) in [6.07, 6.45) is -9.93. The summed E-state index contributed by atoms with van der Waals surface area (Å²) in [5, 5.41) is 12.4. The molecule has 1 aromatic rings. The number of nitrogens with zero attached hydrogens (tertiary/aromatic N) is 9. The first-order valence-corrected chi connectivity index (χ1v) is 29.0. The molecule has 0 amide bonds. The van der Waals surface area contributed by atoms with Crippen LogP contribution in [0.3, 0.4) is 0 Å². The second-order valence-electron chi connectivity index (χ2n) is 21.7. The highest BCUT2D eigenvalue weighted by Gasteiger charge is 2.56. The van der Waals surface area contributed by atoms with Crippen molar-refractivity contribution >= 4 is 17.9 Å². The molecular weight excluding hydrogens is 1070 g/mol. The Balaban J connectivity index is 0.00000238. The maximum Gasteiger partial charge on any atom is 0.373 e. The van der Waals surface area contributed by atoms with Crippen LogP contribution in [0.2, 0.25) is 0 Å². The van der Waals surface area contributed by atoms with Gasteiger partial charge in [0.25, 0.3) is 0 Å². The van der Waals surface area contributed by atoms with E-state index in [1.54, 1.807) is 30.3 Å². The zero-order valence-electron chi connectivity index (χ0n) is 49.8. The lowest BCUT2D eigenvalue weighted by Crippen LogP contribution is -2.64. The predicted octanol–water partition coefficient (Wildman–Crippen LogP) is 10.1. The Bertz CT molecular complexity index is 2340. The number of hydrogen-bond donors (Lipinski definition) is 0. The number of benzene rings is 1. The molecule has 0 saturated carbocycles. The van der Waals surface area contributed by atoms with E-state index in [4.69, 9.17) is 71.2 Å². The lowest BCUT2D eigenvalue weighted by Gasteiger charge is -2.52. The van der Waals surface area contributed by atoms with E-state index in [9.17, 15) is 26.2 Å². The number of ketones is 1. The van der Waals surface area contributed by atoms with Crippen LogP contribution in [0.4, 0.5) is 0 Å². The van der Waals surface area contributed by atoms with Gasteiger partial charge in [-0.3, -0.25) is 4.79 Å². The quantitative estimate of drug-likeness (QED) is 0.0507. The smallest absolute Gasteiger partial charge is 0.373 e. The number of hydrogen-bond acceptors (Lipinski definition) is 20. The number of carbonyl (C=O) groups is 2. The Morgan fingerprint density at radius 2 is 1.05 bits per heavy atom. The molecule has 0 N–H and O–H groups in total. The number of ether oxygens (including phenoxy) is 13. The third-order valence-corrected chi connectivity index (χ3v) is 16.8. The molecule has 0 bridgehead atoms. The average Bonchev–Trinajstić information content (AvgIpc) is 2.74. The van der Waals surface area contributed by atoms with Gasteiger partial charge in [-0.2, -0.15) is 9.59 Å². The molecule has 6 aliphatic heterocycles. The van der Waals surface area contributed by atoms with Gasteiger partial charge in [-0.05, 0) is 105 Å². The van der Waals surface area contributed by atoms with Crippen LogP contribution in [-0.2, 0) is 76.0 Å². The Kier molecular flexibility index (Phi) is 27.4. The van der Waals surface area contributed by atoms with Gasteiger partial charge >= 0.3 is 12.1 Å². The van der Waals surface area contributed by atoms with Crippen LogP contribution >= 0.6 is 0 Å².